The maximum atomic E-state index is 11.3. The molecule has 4 nitrogen and oxygen atoms in total. The number of rotatable bonds is 2. The first-order valence-electron chi connectivity index (χ1n) is 3.93. The fourth-order valence-corrected chi connectivity index (χ4v) is 1.23. The third-order valence-electron chi connectivity index (χ3n) is 1.79. The Kier molecular flexibility index (Phi) is 2.38. The SMILES string of the molecule is Cc1cn(C)c(=O)n1CC(C)O. The molecule has 0 amide bonds. The lowest BCUT2D eigenvalue weighted by molar-refractivity contribution is 0.171. The minimum absolute atomic E-state index is 0.0756. The van der Waals surface area contributed by atoms with E-state index in [0.29, 0.717) is 6.54 Å². The van der Waals surface area contributed by atoms with Gasteiger partial charge >= 0.3 is 5.69 Å². The Morgan fingerprint density at radius 1 is 1.67 bits per heavy atom. The standard InChI is InChI=1S/C8H14N2O2/c1-6-4-9(3)8(12)10(6)5-7(2)11/h4,7,11H,5H2,1-3H3. The van der Waals surface area contributed by atoms with Crippen molar-refractivity contribution in [2.24, 2.45) is 7.05 Å². The van der Waals surface area contributed by atoms with Gasteiger partial charge in [0.1, 0.15) is 0 Å². The van der Waals surface area contributed by atoms with Crippen LogP contribution < -0.4 is 5.69 Å². The zero-order valence-electron chi connectivity index (χ0n) is 7.61. The Morgan fingerprint density at radius 2 is 2.25 bits per heavy atom. The summed E-state index contributed by atoms with van der Waals surface area (Å²) in [5, 5.41) is 9.09. The normalized spacial score (nSPS) is 13.3. The van der Waals surface area contributed by atoms with Crippen molar-refractivity contribution in [2.45, 2.75) is 26.5 Å². The van der Waals surface area contributed by atoms with Gasteiger partial charge in [-0.05, 0) is 13.8 Å². The zero-order valence-corrected chi connectivity index (χ0v) is 7.61. The highest BCUT2D eigenvalue weighted by atomic mass is 16.3. The van der Waals surface area contributed by atoms with Gasteiger partial charge in [0.15, 0.2) is 0 Å². The van der Waals surface area contributed by atoms with Gasteiger partial charge < -0.3 is 9.67 Å². The third-order valence-corrected chi connectivity index (χ3v) is 1.79. The molecular formula is C8H14N2O2. The summed E-state index contributed by atoms with van der Waals surface area (Å²) in [5.41, 5.74) is 0.803. The number of aromatic nitrogens is 2. The van der Waals surface area contributed by atoms with Crippen LogP contribution in [0.4, 0.5) is 0 Å². The van der Waals surface area contributed by atoms with Crippen LogP contribution >= 0.6 is 0 Å². The Balaban J connectivity index is 3.06. The number of aryl methyl sites for hydroxylation is 2. The summed E-state index contributed by atoms with van der Waals surface area (Å²) in [5.74, 6) is 0. The third kappa shape index (κ3) is 1.58. The Hall–Kier alpha value is -1.03. The molecule has 4 heteroatoms. The van der Waals surface area contributed by atoms with Gasteiger partial charge in [0.05, 0.1) is 12.6 Å². The van der Waals surface area contributed by atoms with Gasteiger partial charge in [-0.1, -0.05) is 0 Å². The molecule has 1 N–H and O–H groups in total. The quantitative estimate of drug-likeness (QED) is 0.672. The molecule has 0 spiro atoms. The molecule has 1 aromatic rings. The maximum absolute atomic E-state index is 11.3. The lowest BCUT2D eigenvalue weighted by Gasteiger charge is -2.05. The lowest BCUT2D eigenvalue weighted by Crippen LogP contribution is -2.26. The van der Waals surface area contributed by atoms with E-state index in [2.05, 4.69) is 0 Å². The van der Waals surface area contributed by atoms with Gasteiger partial charge in [0.2, 0.25) is 0 Å². The van der Waals surface area contributed by atoms with E-state index in [-0.39, 0.29) is 5.69 Å². The summed E-state index contributed by atoms with van der Waals surface area (Å²) < 4.78 is 3.07. The van der Waals surface area contributed by atoms with Crippen molar-refractivity contribution in [1.82, 2.24) is 9.13 Å². The number of hydrogen-bond acceptors (Lipinski definition) is 2. The minimum atomic E-state index is -0.483. The lowest BCUT2D eigenvalue weighted by atomic mass is 10.4. The highest BCUT2D eigenvalue weighted by Crippen LogP contribution is 1.95. The molecule has 0 radical (unpaired) electrons. The molecule has 1 rings (SSSR count). The highest BCUT2D eigenvalue weighted by Gasteiger charge is 2.06. The van der Waals surface area contributed by atoms with E-state index in [1.54, 1.807) is 24.7 Å². The number of imidazole rings is 1. The molecule has 0 aliphatic carbocycles. The molecule has 0 bridgehead atoms. The molecule has 1 unspecified atom stereocenters. The van der Waals surface area contributed by atoms with E-state index in [1.165, 1.54) is 4.57 Å². The molecule has 0 aromatic carbocycles. The van der Waals surface area contributed by atoms with E-state index in [1.807, 2.05) is 6.92 Å². The van der Waals surface area contributed by atoms with E-state index in [4.69, 9.17) is 5.11 Å². The minimum Gasteiger partial charge on any atom is -0.392 e. The summed E-state index contributed by atoms with van der Waals surface area (Å²) in [6.07, 6.45) is 1.27. The second kappa shape index (κ2) is 3.15. The van der Waals surface area contributed by atoms with Crippen molar-refractivity contribution >= 4 is 0 Å². The summed E-state index contributed by atoms with van der Waals surface area (Å²) >= 11 is 0. The van der Waals surface area contributed by atoms with Gasteiger partial charge in [0, 0.05) is 18.9 Å². The van der Waals surface area contributed by atoms with Gasteiger partial charge in [-0.2, -0.15) is 0 Å². The maximum Gasteiger partial charge on any atom is 0.328 e. The molecule has 0 fully saturated rings. The number of aliphatic hydroxyl groups excluding tert-OH is 1. The van der Waals surface area contributed by atoms with Crippen LogP contribution in [0.1, 0.15) is 12.6 Å². The average molecular weight is 170 g/mol. The van der Waals surface area contributed by atoms with Crippen molar-refractivity contribution < 1.29 is 5.11 Å². The van der Waals surface area contributed by atoms with Crippen LogP contribution in [0.15, 0.2) is 11.0 Å². The molecule has 1 atom stereocenters. The van der Waals surface area contributed by atoms with Crippen molar-refractivity contribution in [1.29, 1.82) is 0 Å². The zero-order chi connectivity index (χ0) is 9.30. The van der Waals surface area contributed by atoms with Crippen LogP contribution in [-0.2, 0) is 13.6 Å². The van der Waals surface area contributed by atoms with Gasteiger partial charge in [-0.25, -0.2) is 4.79 Å². The monoisotopic (exact) mass is 170 g/mol. The van der Waals surface area contributed by atoms with Crippen molar-refractivity contribution in [3.63, 3.8) is 0 Å². The van der Waals surface area contributed by atoms with Gasteiger partial charge in [0.25, 0.3) is 0 Å². The Morgan fingerprint density at radius 3 is 2.58 bits per heavy atom. The molecular weight excluding hydrogens is 156 g/mol. The highest BCUT2D eigenvalue weighted by molar-refractivity contribution is 4.96. The second-order valence-electron chi connectivity index (χ2n) is 3.12. The Labute approximate surface area is 71.1 Å². The fraction of sp³-hybridized carbons (Fsp3) is 0.625. The van der Waals surface area contributed by atoms with Crippen LogP contribution in [0.25, 0.3) is 0 Å². The first kappa shape index (κ1) is 9.06. The number of nitrogens with zero attached hydrogens (tertiary/aromatic N) is 2. The number of hydrogen-bond donors (Lipinski definition) is 1. The summed E-state index contributed by atoms with van der Waals surface area (Å²) in [4.78, 5) is 11.3. The predicted molar refractivity (Wildman–Crippen MR) is 46.1 cm³/mol. The first-order valence-corrected chi connectivity index (χ1v) is 3.93. The van der Waals surface area contributed by atoms with E-state index in [9.17, 15) is 4.79 Å². The van der Waals surface area contributed by atoms with Crippen LogP contribution in [0.2, 0.25) is 0 Å². The molecule has 1 heterocycles. The van der Waals surface area contributed by atoms with Gasteiger partial charge in [-0.3, -0.25) is 4.57 Å². The second-order valence-corrected chi connectivity index (χ2v) is 3.12. The van der Waals surface area contributed by atoms with Crippen LogP contribution in [0, 0.1) is 6.92 Å². The predicted octanol–water partition coefficient (Wildman–Crippen LogP) is -0.124. The molecule has 68 valence electrons. The molecule has 12 heavy (non-hydrogen) atoms. The smallest absolute Gasteiger partial charge is 0.328 e. The summed E-state index contributed by atoms with van der Waals surface area (Å²) in [6, 6.07) is 0. The fourth-order valence-electron chi connectivity index (χ4n) is 1.23. The van der Waals surface area contributed by atoms with Crippen molar-refractivity contribution in [3.8, 4) is 0 Å². The molecule has 0 saturated heterocycles. The van der Waals surface area contributed by atoms with Crippen LogP contribution in [0.3, 0.4) is 0 Å². The van der Waals surface area contributed by atoms with Crippen LogP contribution in [0.5, 0.6) is 0 Å². The van der Waals surface area contributed by atoms with Crippen molar-refractivity contribution in [3.05, 3.63) is 22.4 Å². The molecule has 0 aliphatic heterocycles. The van der Waals surface area contributed by atoms with E-state index in [0.717, 1.165) is 5.69 Å². The largest absolute Gasteiger partial charge is 0.392 e. The topological polar surface area (TPSA) is 47.2 Å². The van der Waals surface area contributed by atoms with Gasteiger partial charge in [-0.15, -0.1) is 0 Å². The Bertz CT molecular complexity index is 322. The van der Waals surface area contributed by atoms with Crippen molar-refractivity contribution in [2.75, 3.05) is 0 Å². The van der Waals surface area contributed by atoms with E-state index < -0.39 is 6.10 Å². The molecule has 0 saturated carbocycles. The number of aliphatic hydroxyl groups is 1. The first-order chi connectivity index (χ1) is 5.52. The van der Waals surface area contributed by atoms with Crippen LogP contribution in [-0.4, -0.2) is 20.3 Å². The van der Waals surface area contributed by atoms with E-state index >= 15 is 0 Å². The summed E-state index contributed by atoms with van der Waals surface area (Å²) in [6.45, 7) is 3.88. The molecule has 1 aromatic heterocycles. The summed E-state index contributed by atoms with van der Waals surface area (Å²) in [7, 11) is 1.70. The molecule has 0 aliphatic rings. The average Bonchev–Trinajstić information content (AvgIpc) is 2.16.